The molecule has 0 unspecified atom stereocenters. The molecule has 5 rings (SSSR count). The number of hydrogen-bond donors (Lipinski definition) is 0. The van der Waals surface area contributed by atoms with Gasteiger partial charge < -0.3 is 9.47 Å². The van der Waals surface area contributed by atoms with Gasteiger partial charge in [0.2, 0.25) is 0 Å². The van der Waals surface area contributed by atoms with Crippen LogP contribution in [0.3, 0.4) is 0 Å². The minimum atomic E-state index is -0.0477. The Morgan fingerprint density at radius 3 is 2.53 bits per heavy atom. The van der Waals surface area contributed by atoms with E-state index in [1.807, 2.05) is 66.7 Å². The third-order valence-corrected chi connectivity index (χ3v) is 7.69. The molecule has 7 heteroatoms. The van der Waals surface area contributed by atoms with E-state index < -0.39 is 0 Å². The van der Waals surface area contributed by atoms with E-state index in [1.54, 1.807) is 12.0 Å². The number of amidine groups is 1. The number of ether oxygens (including phenoxy) is 2. The maximum atomic E-state index is 13.3. The topological polar surface area (TPSA) is 51.1 Å². The largest absolute Gasteiger partial charge is 0.488 e. The Balaban J connectivity index is 1.31. The Morgan fingerprint density at radius 2 is 1.74 bits per heavy atom. The fourth-order valence-electron chi connectivity index (χ4n) is 4.13. The van der Waals surface area contributed by atoms with E-state index in [9.17, 15) is 4.79 Å². The molecule has 0 atom stereocenters. The first-order valence-corrected chi connectivity index (χ1v) is 14.0. The number of thioether (sulfide) groups is 1. The Kier molecular flexibility index (Phi) is 8.58. The molecule has 0 spiro atoms. The van der Waals surface area contributed by atoms with Gasteiger partial charge in [-0.2, -0.15) is 0 Å². The summed E-state index contributed by atoms with van der Waals surface area (Å²) in [6, 6.07) is 30.2. The van der Waals surface area contributed by atoms with Crippen molar-refractivity contribution in [2.24, 2.45) is 4.99 Å². The van der Waals surface area contributed by atoms with E-state index in [2.05, 4.69) is 46.3 Å². The lowest BCUT2D eigenvalue weighted by Gasteiger charge is -2.15. The fourth-order valence-corrected chi connectivity index (χ4v) is 5.67. The van der Waals surface area contributed by atoms with Crippen molar-refractivity contribution in [2.75, 3.05) is 20.3 Å². The van der Waals surface area contributed by atoms with Crippen LogP contribution in [0.5, 0.6) is 5.75 Å². The van der Waals surface area contributed by atoms with Crippen molar-refractivity contribution in [1.29, 1.82) is 0 Å². The Morgan fingerprint density at radius 1 is 0.947 bits per heavy atom. The van der Waals surface area contributed by atoms with Crippen molar-refractivity contribution in [3.63, 3.8) is 0 Å². The van der Waals surface area contributed by atoms with Gasteiger partial charge in [0.15, 0.2) is 5.17 Å². The van der Waals surface area contributed by atoms with Crippen molar-refractivity contribution in [3.05, 3.63) is 112 Å². The zero-order valence-electron chi connectivity index (χ0n) is 21.0. The van der Waals surface area contributed by atoms with E-state index in [-0.39, 0.29) is 5.91 Å². The Labute approximate surface area is 235 Å². The summed E-state index contributed by atoms with van der Waals surface area (Å²) in [4.78, 5) is 20.4. The zero-order chi connectivity index (χ0) is 26.3. The normalized spacial score (nSPS) is 15.6. The van der Waals surface area contributed by atoms with Crippen molar-refractivity contribution < 1.29 is 14.3 Å². The summed E-state index contributed by atoms with van der Waals surface area (Å²) in [5.74, 6) is 0.701. The highest BCUT2D eigenvalue weighted by molar-refractivity contribution is 9.10. The monoisotopic (exact) mass is 586 g/mol. The van der Waals surface area contributed by atoms with Crippen LogP contribution in [-0.4, -0.2) is 36.2 Å². The van der Waals surface area contributed by atoms with E-state index in [0.717, 1.165) is 33.5 Å². The van der Waals surface area contributed by atoms with Crippen molar-refractivity contribution in [2.45, 2.75) is 13.0 Å². The summed E-state index contributed by atoms with van der Waals surface area (Å²) < 4.78 is 12.1. The number of carbonyl (C=O) groups is 1. The predicted molar refractivity (Wildman–Crippen MR) is 160 cm³/mol. The summed E-state index contributed by atoms with van der Waals surface area (Å²) in [5.41, 5.74) is 2.83. The van der Waals surface area contributed by atoms with Crippen LogP contribution in [0.2, 0.25) is 0 Å². The van der Waals surface area contributed by atoms with Crippen LogP contribution in [0.15, 0.2) is 105 Å². The van der Waals surface area contributed by atoms with Gasteiger partial charge in [-0.15, -0.1) is 0 Å². The molecule has 1 fully saturated rings. The van der Waals surface area contributed by atoms with Gasteiger partial charge in [0.25, 0.3) is 5.91 Å². The molecule has 1 aliphatic rings. The molecule has 192 valence electrons. The summed E-state index contributed by atoms with van der Waals surface area (Å²) in [7, 11) is 1.66. The molecule has 0 saturated carbocycles. The van der Waals surface area contributed by atoms with Crippen molar-refractivity contribution in [1.82, 2.24) is 4.90 Å². The molecule has 4 aromatic rings. The standard InChI is InChI=1S/C31H27BrN2O3S/c1-36-17-7-16-34-30(35)29(38-31(34)33-26-10-3-2-4-11-26)20-22-13-15-28(27(32)19-22)37-21-23-12-14-24-8-5-6-9-25(24)18-23/h2-6,8-15,18-20H,7,16-17,21H2,1H3/b29-20-,33-31?. The van der Waals surface area contributed by atoms with Gasteiger partial charge in [-0.1, -0.05) is 60.7 Å². The van der Waals surface area contributed by atoms with Crippen molar-refractivity contribution in [3.8, 4) is 5.75 Å². The van der Waals surface area contributed by atoms with Gasteiger partial charge >= 0.3 is 0 Å². The first-order valence-electron chi connectivity index (χ1n) is 12.3. The highest BCUT2D eigenvalue weighted by Crippen LogP contribution is 2.35. The lowest BCUT2D eigenvalue weighted by atomic mass is 10.1. The minimum absolute atomic E-state index is 0.0477. The van der Waals surface area contributed by atoms with Gasteiger partial charge in [-0.3, -0.25) is 9.69 Å². The maximum absolute atomic E-state index is 13.3. The highest BCUT2D eigenvalue weighted by atomic mass is 79.9. The molecule has 38 heavy (non-hydrogen) atoms. The second-order valence-electron chi connectivity index (χ2n) is 8.80. The molecule has 1 saturated heterocycles. The third kappa shape index (κ3) is 6.35. The molecular weight excluding hydrogens is 560 g/mol. The first kappa shape index (κ1) is 26.2. The molecule has 1 amide bonds. The van der Waals surface area contributed by atoms with E-state index in [4.69, 9.17) is 14.5 Å². The van der Waals surface area contributed by atoms with Crippen LogP contribution < -0.4 is 4.74 Å². The first-order chi connectivity index (χ1) is 18.6. The molecular formula is C31H27BrN2O3S. The lowest BCUT2D eigenvalue weighted by molar-refractivity contribution is -0.122. The number of aliphatic imine (C=N–C) groups is 1. The van der Waals surface area contributed by atoms with Gasteiger partial charge in [0, 0.05) is 20.3 Å². The van der Waals surface area contributed by atoms with Crippen LogP contribution in [0, 0.1) is 0 Å². The molecule has 4 aromatic carbocycles. The van der Waals surface area contributed by atoms with Crippen molar-refractivity contribution >= 4 is 61.3 Å². The SMILES string of the molecule is COCCCN1C(=O)/C(=C/c2ccc(OCc3ccc4ccccc4c3)c(Br)c2)SC1=Nc1ccccc1. The molecule has 0 aromatic heterocycles. The number of para-hydroxylation sites is 1. The molecule has 1 aliphatic heterocycles. The highest BCUT2D eigenvalue weighted by Gasteiger charge is 2.33. The Hall–Kier alpha value is -3.39. The Bertz CT molecular complexity index is 1500. The average molecular weight is 588 g/mol. The second kappa shape index (κ2) is 12.4. The molecule has 5 nitrogen and oxygen atoms in total. The predicted octanol–water partition coefficient (Wildman–Crippen LogP) is 7.82. The van der Waals surface area contributed by atoms with Crippen LogP contribution in [0.4, 0.5) is 5.69 Å². The number of benzene rings is 4. The summed E-state index contributed by atoms with van der Waals surface area (Å²) >= 11 is 5.03. The van der Waals surface area contributed by atoms with Gasteiger partial charge in [-0.05, 0) is 92.4 Å². The quantitative estimate of drug-likeness (QED) is 0.148. The number of rotatable bonds is 9. The van der Waals surface area contributed by atoms with Gasteiger partial charge in [-0.25, -0.2) is 4.99 Å². The van der Waals surface area contributed by atoms with E-state index in [1.165, 1.54) is 22.5 Å². The number of amides is 1. The number of carbonyl (C=O) groups excluding carboxylic acids is 1. The zero-order valence-corrected chi connectivity index (χ0v) is 23.4. The third-order valence-electron chi connectivity index (χ3n) is 6.06. The number of halogens is 1. The molecule has 0 N–H and O–H groups in total. The van der Waals surface area contributed by atoms with Crippen LogP contribution >= 0.6 is 27.7 Å². The molecule has 0 aliphatic carbocycles. The minimum Gasteiger partial charge on any atom is -0.488 e. The number of nitrogens with zero attached hydrogens (tertiary/aromatic N) is 2. The fraction of sp³-hybridized carbons (Fsp3) is 0.161. The summed E-state index contributed by atoms with van der Waals surface area (Å²) in [6.07, 6.45) is 2.64. The average Bonchev–Trinajstić information content (AvgIpc) is 3.22. The molecule has 0 radical (unpaired) electrons. The van der Waals surface area contributed by atoms with E-state index >= 15 is 0 Å². The maximum Gasteiger partial charge on any atom is 0.266 e. The lowest BCUT2D eigenvalue weighted by Crippen LogP contribution is -2.30. The van der Waals surface area contributed by atoms with Crippen LogP contribution in [0.25, 0.3) is 16.8 Å². The summed E-state index contributed by atoms with van der Waals surface area (Å²) in [5, 5.41) is 3.08. The van der Waals surface area contributed by atoms with Crippen LogP contribution in [0.1, 0.15) is 17.5 Å². The van der Waals surface area contributed by atoms with Crippen LogP contribution in [-0.2, 0) is 16.1 Å². The number of hydrogen-bond acceptors (Lipinski definition) is 5. The second-order valence-corrected chi connectivity index (χ2v) is 10.7. The summed E-state index contributed by atoms with van der Waals surface area (Å²) in [6.45, 7) is 1.60. The molecule has 1 heterocycles. The van der Waals surface area contributed by atoms with E-state index in [0.29, 0.717) is 29.8 Å². The van der Waals surface area contributed by atoms with Gasteiger partial charge in [0.05, 0.1) is 15.1 Å². The van der Waals surface area contributed by atoms with Gasteiger partial charge in [0.1, 0.15) is 12.4 Å². The number of fused-ring (bicyclic) bond motifs is 1. The molecule has 0 bridgehead atoms. The number of methoxy groups -OCH3 is 1. The smallest absolute Gasteiger partial charge is 0.266 e.